The van der Waals surface area contributed by atoms with Gasteiger partial charge in [-0.05, 0) is 54.8 Å². The highest BCUT2D eigenvalue weighted by molar-refractivity contribution is 5.89. The largest absolute Gasteiger partial charge is 0.497 e. The Morgan fingerprint density at radius 2 is 1.78 bits per heavy atom. The number of amides is 3. The van der Waals surface area contributed by atoms with E-state index >= 15 is 0 Å². The van der Waals surface area contributed by atoms with Crippen molar-refractivity contribution in [2.24, 2.45) is 0 Å². The van der Waals surface area contributed by atoms with Gasteiger partial charge in [0.2, 0.25) is 5.91 Å². The maximum Gasteiger partial charge on any atom is 0.321 e. The highest BCUT2D eigenvalue weighted by Crippen LogP contribution is 2.22. The van der Waals surface area contributed by atoms with Crippen LogP contribution >= 0.6 is 0 Å². The average Bonchev–Trinajstić information content (AvgIpc) is 3.00. The third-order valence-corrected chi connectivity index (χ3v) is 6.16. The molecule has 2 heterocycles. The van der Waals surface area contributed by atoms with Gasteiger partial charge in [-0.2, -0.15) is 0 Å². The van der Waals surface area contributed by atoms with E-state index in [-0.39, 0.29) is 23.8 Å². The molecular formula is C24H29FN4O3. The third-order valence-electron chi connectivity index (χ3n) is 6.16. The molecule has 1 N–H and O–H groups in total. The summed E-state index contributed by atoms with van der Waals surface area (Å²) in [5.74, 6) is 0.582. The Hall–Kier alpha value is -3.13. The average molecular weight is 441 g/mol. The summed E-state index contributed by atoms with van der Waals surface area (Å²) in [6, 6.07) is 13.3. The SMILES string of the molecule is COc1ccc(NC(=O)N2CCCN(C3CCN(Cc4ccc(F)cc4)C3=O)CC2)cc1. The minimum atomic E-state index is -0.274. The first-order valence-corrected chi connectivity index (χ1v) is 11.0. The molecule has 1 atom stereocenters. The highest BCUT2D eigenvalue weighted by Gasteiger charge is 2.36. The Morgan fingerprint density at radius 3 is 2.50 bits per heavy atom. The molecule has 2 aromatic rings. The zero-order chi connectivity index (χ0) is 22.5. The van der Waals surface area contributed by atoms with E-state index < -0.39 is 0 Å². The fraction of sp³-hybridized carbons (Fsp3) is 0.417. The molecule has 2 aromatic carbocycles. The standard InChI is InChI=1S/C24H29FN4O3/c1-32-21-9-7-20(8-10-21)26-24(31)28-13-2-12-27(15-16-28)22-11-14-29(23(22)30)17-18-3-5-19(25)6-4-18/h3-10,22H,2,11-17H2,1H3,(H,26,31). The lowest BCUT2D eigenvalue weighted by Crippen LogP contribution is -2.44. The number of carbonyl (C=O) groups excluding carboxylic acids is 2. The van der Waals surface area contributed by atoms with Gasteiger partial charge in [-0.1, -0.05) is 12.1 Å². The molecule has 4 rings (SSSR count). The molecule has 2 saturated heterocycles. The summed E-state index contributed by atoms with van der Waals surface area (Å²) in [7, 11) is 1.60. The second-order valence-electron chi connectivity index (χ2n) is 8.23. The number of methoxy groups -OCH3 is 1. The molecule has 32 heavy (non-hydrogen) atoms. The molecule has 0 aliphatic carbocycles. The van der Waals surface area contributed by atoms with Crippen LogP contribution in [0.15, 0.2) is 48.5 Å². The number of hydrogen-bond donors (Lipinski definition) is 1. The van der Waals surface area contributed by atoms with Crippen molar-refractivity contribution in [3.8, 4) is 5.75 Å². The van der Waals surface area contributed by atoms with Crippen molar-refractivity contribution in [1.82, 2.24) is 14.7 Å². The predicted octanol–water partition coefficient (Wildman–Crippen LogP) is 3.18. The van der Waals surface area contributed by atoms with E-state index in [1.54, 1.807) is 24.1 Å². The van der Waals surface area contributed by atoms with Crippen LogP contribution in [0.2, 0.25) is 0 Å². The summed E-state index contributed by atoms with van der Waals surface area (Å²) in [4.78, 5) is 31.6. The van der Waals surface area contributed by atoms with Crippen LogP contribution in [0.25, 0.3) is 0 Å². The van der Waals surface area contributed by atoms with E-state index in [2.05, 4.69) is 10.2 Å². The van der Waals surface area contributed by atoms with Gasteiger partial charge in [0.25, 0.3) is 0 Å². The van der Waals surface area contributed by atoms with Crippen molar-refractivity contribution in [3.63, 3.8) is 0 Å². The van der Waals surface area contributed by atoms with Crippen molar-refractivity contribution in [1.29, 1.82) is 0 Å². The number of nitrogens with zero attached hydrogens (tertiary/aromatic N) is 3. The lowest BCUT2D eigenvalue weighted by molar-refractivity contribution is -0.132. The summed E-state index contributed by atoms with van der Waals surface area (Å²) in [5, 5.41) is 2.93. The quantitative estimate of drug-likeness (QED) is 0.776. The first-order chi connectivity index (χ1) is 15.5. The Morgan fingerprint density at radius 1 is 1.03 bits per heavy atom. The molecule has 0 radical (unpaired) electrons. The maximum absolute atomic E-state index is 13.1. The molecular weight excluding hydrogens is 411 g/mol. The second kappa shape index (κ2) is 9.99. The van der Waals surface area contributed by atoms with Gasteiger partial charge >= 0.3 is 6.03 Å². The van der Waals surface area contributed by atoms with Crippen LogP contribution < -0.4 is 10.1 Å². The van der Waals surface area contributed by atoms with Crippen LogP contribution in [-0.2, 0) is 11.3 Å². The number of urea groups is 1. The number of ether oxygens (including phenoxy) is 1. The van der Waals surface area contributed by atoms with Crippen molar-refractivity contribution in [2.75, 3.05) is 45.2 Å². The van der Waals surface area contributed by atoms with Crippen LogP contribution in [0.4, 0.5) is 14.9 Å². The molecule has 170 valence electrons. The molecule has 1 unspecified atom stereocenters. The molecule has 2 fully saturated rings. The van der Waals surface area contributed by atoms with Gasteiger partial charge in [0, 0.05) is 45.0 Å². The van der Waals surface area contributed by atoms with Crippen molar-refractivity contribution < 1.29 is 18.7 Å². The molecule has 0 bridgehead atoms. The summed E-state index contributed by atoms with van der Waals surface area (Å²) >= 11 is 0. The van der Waals surface area contributed by atoms with Crippen LogP contribution in [0, 0.1) is 5.82 Å². The molecule has 0 spiro atoms. The lowest BCUT2D eigenvalue weighted by atomic mass is 10.2. The van der Waals surface area contributed by atoms with E-state index in [4.69, 9.17) is 4.74 Å². The van der Waals surface area contributed by atoms with Crippen molar-refractivity contribution >= 4 is 17.6 Å². The maximum atomic E-state index is 13.1. The number of halogens is 1. The monoisotopic (exact) mass is 440 g/mol. The summed E-state index contributed by atoms with van der Waals surface area (Å²) in [6.07, 6.45) is 1.59. The van der Waals surface area contributed by atoms with E-state index in [1.165, 1.54) is 12.1 Å². The third kappa shape index (κ3) is 5.19. The lowest BCUT2D eigenvalue weighted by Gasteiger charge is -2.26. The number of carbonyl (C=O) groups is 2. The minimum absolute atomic E-state index is 0.116. The zero-order valence-corrected chi connectivity index (χ0v) is 18.3. The van der Waals surface area contributed by atoms with Crippen molar-refractivity contribution in [2.45, 2.75) is 25.4 Å². The van der Waals surface area contributed by atoms with Gasteiger partial charge < -0.3 is 19.9 Å². The topological polar surface area (TPSA) is 65.1 Å². The molecule has 0 aromatic heterocycles. The van der Waals surface area contributed by atoms with Gasteiger partial charge in [-0.25, -0.2) is 9.18 Å². The Balaban J connectivity index is 1.30. The normalized spacial score (nSPS) is 19.7. The van der Waals surface area contributed by atoms with Crippen LogP contribution in [-0.4, -0.2) is 72.5 Å². The van der Waals surface area contributed by atoms with Crippen LogP contribution in [0.5, 0.6) is 5.75 Å². The van der Waals surface area contributed by atoms with Gasteiger partial charge in [0.15, 0.2) is 0 Å². The number of likely N-dealkylation sites (tertiary alicyclic amines) is 1. The number of benzene rings is 2. The van der Waals surface area contributed by atoms with Crippen molar-refractivity contribution in [3.05, 3.63) is 59.9 Å². The van der Waals surface area contributed by atoms with Gasteiger partial charge in [-0.3, -0.25) is 9.69 Å². The van der Waals surface area contributed by atoms with E-state index in [0.29, 0.717) is 32.7 Å². The van der Waals surface area contributed by atoms with E-state index in [1.807, 2.05) is 29.2 Å². The zero-order valence-electron chi connectivity index (χ0n) is 18.3. The summed E-state index contributed by atoms with van der Waals surface area (Å²) in [6.45, 7) is 3.87. The molecule has 2 aliphatic rings. The number of rotatable bonds is 5. The molecule has 8 heteroatoms. The number of nitrogens with one attached hydrogen (secondary N) is 1. The fourth-order valence-corrected chi connectivity index (χ4v) is 4.36. The summed E-state index contributed by atoms with van der Waals surface area (Å²) in [5.41, 5.74) is 1.65. The Labute approximate surface area is 187 Å². The Bertz CT molecular complexity index is 935. The van der Waals surface area contributed by atoms with Gasteiger partial charge in [-0.15, -0.1) is 0 Å². The van der Waals surface area contributed by atoms with Gasteiger partial charge in [0.05, 0.1) is 13.2 Å². The predicted molar refractivity (Wildman–Crippen MR) is 120 cm³/mol. The highest BCUT2D eigenvalue weighted by atomic mass is 19.1. The van der Waals surface area contributed by atoms with E-state index in [0.717, 1.165) is 36.4 Å². The summed E-state index contributed by atoms with van der Waals surface area (Å²) < 4.78 is 18.3. The Kier molecular flexibility index (Phi) is 6.90. The van der Waals surface area contributed by atoms with Crippen LogP contribution in [0.1, 0.15) is 18.4 Å². The molecule has 7 nitrogen and oxygen atoms in total. The smallest absolute Gasteiger partial charge is 0.321 e. The van der Waals surface area contributed by atoms with E-state index in [9.17, 15) is 14.0 Å². The molecule has 0 saturated carbocycles. The number of anilines is 1. The fourth-order valence-electron chi connectivity index (χ4n) is 4.36. The molecule has 3 amide bonds. The first-order valence-electron chi connectivity index (χ1n) is 11.0. The van der Waals surface area contributed by atoms with Crippen LogP contribution in [0.3, 0.4) is 0 Å². The number of hydrogen-bond acceptors (Lipinski definition) is 4. The first kappa shape index (κ1) is 22.1. The minimum Gasteiger partial charge on any atom is -0.497 e. The molecule has 2 aliphatic heterocycles. The van der Waals surface area contributed by atoms with Gasteiger partial charge in [0.1, 0.15) is 11.6 Å². The second-order valence-corrected chi connectivity index (χ2v) is 8.23.